The molecule has 1 aromatic heterocycles. The quantitative estimate of drug-likeness (QED) is 0.578. The number of aromatic nitrogens is 1. The van der Waals surface area contributed by atoms with Crippen molar-refractivity contribution in [2.24, 2.45) is 4.99 Å². The first-order valence-electron chi connectivity index (χ1n) is 5.06. The molecule has 82 valence electrons. The van der Waals surface area contributed by atoms with Crippen molar-refractivity contribution in [3.8, 4) is 0 Å². The SMILES string of the molecule is C(=NC1CCCCC1)c1ccc[n-]1.[CH3-].[Cr+2]. The zero-order valence-corrected chi connectivity index (χ0v) is 10.5. The van der Waals surface area contributed by atoms with E-state index < -0.39 is 0 Å². The molecule has 0 amide bonds. The Balaban J connectivity index is 0.000000980. The van der Waals surface area contributed by atoms with Crippen molar-refractivity contribution in [1.29, 1.82) is 0 Å². The van der Waals surface area contributed by atoms with Crippen molar-refractivity contribution >= 4 is 6.21 Å². The summed E-state index contributed by atoms with van der Waals surface area (Å²) in [6, 6.07) is 4.50. The van der Waals surface area contributed by atoms with E-state index in [1.807, 2.05) is 24.5 Å². The number of rotatable bonds is 2. The predicted octanol–water partition coefficient (Wildman–Crippen LogP) is 2.84. The van der Waals surface area contributed by atoms with Crippen molar-refractivity contribution in [2.45, 2.75) is 38.1 Å². The van der Waals surface area contributed by atoms with Crippen molar-refractivity contribution in [2.75, 3.05) is 0 Å². The Hall–Kier alpha value is -0.518. The molecule has 0 N–H and O–H groups in total. The van der Waals surface area contributed by atoms with Gasteiger partial charge in [0.15, 0.2) is 0 Å². The van der Waals surface area contributed by atoms with E-state index in [1.165, 1.54) is 32.1 Å². The van der Waals surface area contributed by atoms with Gasteiger partial charge in [-0.15, -0.1) is 5.69 Å². The average Bonchev–Trinajstić information content (AvgIpc) is 2.69. The molecule has 2 nitrogen and oxygen atoms in total. The summed E-state index contributed by atoms with van der Waals surface area (Å²) in [5, 5.41) is 0. The van der Waals surface area contributed by atoms with Gasteiger partial charge >= 0.3 is 17.4 Å². The first kappa shape index (κ1) is 14.5. The van der Waals surface area contributed by atoms with Crippen LogP contribution in [-0.4, -0.2) is 12.3 Å². The van der Waals surface area contributed by atoms with E-state index in [4.69, 9.17) is 0 Å². The Labute approximate surface area is 103 Å². The summed E-state index contributed by atoms with van der Waals surface area (Å²) in [5.41, 5.74) is 0.991. The molecule has 0 radical (unpaired) electrons. The van der Waals surface area contributed by atoms with Gasteiger partial charge in [-0.1, -0.05) is 31.4 Å². The van der Waals surface area contributed by atoms with E-state index >= 15 is 0 Å². The first-order valence-corrected chi connectivity index (χ1v) is 5.06. The number of nitrogens with zero attached hydrogens (tertiary/aromatic N) is 2. The maximum atomic E-state index is 4.54. The number of aliphatic imine (C=N–C) groups is 1. The van der Waals surface area contributed by atoms with Gasteiger partial charge in [0.1, 0.15) is 0 Å². The fourth-order valence-electron chi connectivity index (χ4n) is 1.80. The molecule has 0 saturated heterocycles. The maximum Gasteiger partial charge on any atom is 2.00 e. The molecular weight excluding hydrogens is 224 g/mol. The second kappa shape index (κ2) is 7.73. The van der Waals surface area contributed by atoms with Crippen LogP contribution in [0.1, 0.15) is 37.8 Å². The van der Waals surface area contributed by atoms with E-state index in [-0.39, 0.29) is 24.8 Å². The fourth-order valence-corrected chi connectivity index (χ4v) is 1.80. The molecule has 1 aliphatic carbocycles. The summed E-state index contributed by atoms with van der Waals surface area (Å²) in [4.78, 5) is 8.69. The van der Waals surface area contributed by atoms with Crippen molar-refractivity contribution in [3.05, 3.63) is 31.5 Å². The van der Waals surface area contributed by atoms with E-state index in [1.54, 1.807) is 0 Å². The number of hydrogen-bond acceptors (Lipinski definition) is 1. The largest absolute Gasteiger partial charge is 2.00 e. The van der Waals surface area contributed by atoms with Gasteiger partial charge in [0.2, 0.25) is 0 Å². The van der Waals surface area contributed by atoms with Crippen LogP contribution in [0.3, 0.4) is 0 Å². The van der Waals surface area contributed by atoms with E-state index in [0.717, 1.165) is 5.69 Å². The van der Waals surface area contributed by atoms with Crippen LogP contribution in [-0.2, 0) is 17.4 Å². The normalized spacial score (nSPS) is 17.1. The van der Waals surface area contributed by atoms with Crippen LogP contribution in [0.25, 0.3) is 0 Å². The van der Waals surface area contributed by atoms with Crippen LogP contribution in [0, 0.1) is 7.43 Å². The average molecular weight is 242 g/mol. The zero-order chi connectivity index (χ0) is 8.93. The minimum atomic E-state index is 0. The molecule has 15 heavy (non-hydrogen) atoms. The molecule has 0 unspecified atom stereocenters. The molecule has 1 saturated carbocycles. The molecule has 1 aliphatic rings. The van der Waals surface area contributed by atoms with Crippen molar-refractivity contribution in [1.82, 2.24) is 4.98 Å². The van der Waals surface area contributed by atoms with E-state index in [9.17, 15) is 0 Å². The summed E-state index contributed by atoms with van der Waals surface area (Å²) in [5.74, 6) is 0. The predicted molar refractivity (Wildman–Crippen MR) is 60.6 cm³/mol. The van der Waals surface area contributed by atoms with Crippen LogP contribution in [0.5, 0.6) is 0 Å². The minimum absolute atomic E-state index is 0. The van der Waals surface area contributed by atoms with Gasteiger partial charge in [-0.05, 0) is 12.8 Å². The Bertz CT molecular complexity index is 261. The molecule has 0 atom stereocenters. The zero-order valence-electron chi connectivity index (χ0n) is 9.22. The summed E-state index contributed by atoms with van der Waals surface area (Å²) < 4.78 is 0. The molecule has 1 aromatic rings. The van der Waals surface area contributed by atoms with Crippen molar-refractivity contribution < 1.29 is 17.4 Å². The summed E-state index contributed by atoms with van der Waals surface area (Å²) in [7, 11) is 0. The Morgan fingerprint density at radius 1 is 1.27 bits per heavy atom. The molecule has 0 aromatic carbocycles. The smallest absolute Gasteiger partial charge is 0.663 e. The van der Waals surface area contributed by atoms with Crippen LogP contribution >= 0.6 is 0 Å². The second-order valence-electron chi connectivity index (χ2n) is 3.63. The third-order valence-electron chi connectivity index (χ3n) is 2.57. The van der Waals surface area contributed by atoms with E-state index in [0.29, 0.717) is 6.04 Å². The van der Waals surface area contributed by atoms with Gasteiger partial charge < -0.3 is 12.4 Å². The fraction of sp³-hybridized carbons (Fsp3) is 0.500. The van der Waals surface area contributed by atoms with Gasteiger partial charge in [-0.2, -0.15) is 6.20 Å². The summed E-state index contributed by atoms with van der Waals surface area (Å²) in [6.07, 6.45) is 10.3. The van der Waals surface area contributed by atoms with Crippen LogP contribution in [0.4, 0.5) is 0 Å². The molecule has 3 heteroatoms. The number of hydrogen-bond donors (Lipinski definition) is 0. The van der Waals surface area contributed by atoms with E-state index in [2.05, 4.69) is 9.98 Å². The van der Waals surface area contributed by atoms with Crippen LogP contribution < -0.4 is 4.98 Å². The third kappa shape index (κ3) is 4.68. The van der Waals surface area contributed by atoms with Gasteiger partial charge in [0, 0.05) is 12.3 Å². The van der Waals surface area contributed by atoms with Crippen LogP contribution in [0.15, 0.2) is 23.3 Å². The van der Waals surface area contributed by atoms with Crippen molar-refractivity contribution in [3.63, 3.8) is 0 Å². The monoisotopic (exact) mass is 242 g/mol. The molecule has 0 aliphatic heterocycles. The Morgan fingerprint density at radius 3 is 2.60 bits per heavy atom. The molecule has 0 bridgehead atoms. The first-order chi connectivity index (χ1) is 6.45. The molecule has 1 heterocycles. The molecule has 2 rings (SSSR count). The standard InChI is InChI=1S/C11H15N2.CH3.Cr/c1-2-5-10(6-3-1)13-9-11-7-4-8-12-11;;/h4,7-10H,1-3,5-6H2;1H3;/q2*-1;+2. The van der Waals surface area contributed by atoms with Gasteiger partial charge in [-0.25, -0.2) is 0 Å². The molecule has 0 spiro atoms. The Kier molecular flexibility index (Phi) is 7.47. The topological polar surface area (TPSA) is 26.5 Å². The maximum absolute atomic E-state index is 4.54. The molecular formula is C12H18CrN2. The minimum Gasteiger partial charge on any atom is -0.663 e. The molecule has 1 fully saturated rings. The van der Waals surface area contributed by atoms with Crippen LogP contribution in [0.2, 0.25) is 0 Å². The van der Waals surface area contributed by atoms with Gasteiger partial charge in [0.05, 0.1) is 0 Å². The second-order valence-corrected chi connectivity index (χ2v) is 3.63. The Morgan fingerprint density at radius 2 is 2.00 bits per heavy atom. The third-order valence-corrected chi connectivity index (χ3v) is 2.57. The summed E-state index contributed by atoms with van der Waals surface area (Å²) >= 11 is 0. The van der Waals surface area contributed by atoms with Gasteiger partial charge in [-0.3, -0.25) is 4.99 Å². The summed E-state index contributed by atoms with van der Waals surface area (Å²) in [6.45, 7) is 0. The van der Waals surface area contributed by atoms with Gasteiger partial charge in [0.25, 0.3) is 0 Å².